The summed E-state index contributed by atoms with van der Waals surface area (Å²) in [7, 11) is 0. The lowest BCUT2D eigenvalue weighted by Gasteiger charge is -2.05. The third-order valence-corrected chi connectivity index (χ3v) is 2.20. The van der Waals surface area contributed by atoms with Crippen LogP contribution in [0.3, 0.4) is 0 Å². The predicted molar refractivity (Wildman–Crippen MR) is 70.7 cm³/mol. The molecular formula is C13H17N3O2. The van der Waals surface area contributed by atoms with E-state index in [9.17, 15) is 4.79 Å². The molecule has 0 aliphatic carbocycles. The van der Waals surface area contributed by atoms with Crippen LogP contribution in [0.1, 0.15) is 12.5 Å². The number of pyridine rings is 1. The summed E-state index contributed by atoms with van der Waals surface area (Å²) in [5, 5.41) is 13.8. The first-order chi connectivity index (χ1) is 8.67. The van der Waals surface area contributed by atoms with E-state index in [1.807, 2.05) is 13.0 Å². The number of hydrogen-bond donors (Lipinski definition) is 3. The maximum Gasteiger partial charge on any atom is 0.256 e. The molecule has 1 aromatic heterocycles. The molecule has 0 bridgehead atoms. The molecule has 0 atom stereocenters. The molecule has 0 aliphatic rings. The van der Waals surface area contributed by atoms with Gasteiger partial charge in [-0.05, 0) is 37.8 Å². The minimum absolute atomic E-state index is 0.172. The molecule has 0 radical (unpaired) electrons. The Bertz CT molecular complexity index is 450. The number of aryl methyl sites for hydroxylation is 1. The zero-order chi connectivity index (χ0) is 13.4. The maximum absolute atomic E-state index is 11.9. The van der Waals surface area contributed by atoms with Crippen molar-refractivity contribution < 1.29 is 9.90 Å². The van der Waals surface area contributed by atoms with Crippen LogP contribution in [-0.2, 0) is 4.79 Å². The van der Waals surface area contributed by atoms with Crippen LogP contribution in [0.2, 0.25) is 0 Å². The number of aliphatic hydroxyl groups excluding tert-OH is 1. The van der Waals surface area contributed by atoms with Gasteiger partial charge in [-0.15, -0.1) is 0 Å². The summed E-state index contributed by atoms with van der Waals surface area (Å²) in [6.45, 7) is 3.52. The second-order valence-corrected chi connectivity index (χ2v) is 3.61. The van der Waals surface area contributed by atoms with Crippen molar-refractivity contribution in [2.24, 2.45) is 0 Å². The lowest BCUT2D eigenvalue weighted by molar-refractivity contribution is -0.112. The number of anilines is 1. The van der Waals surface area contributed by atoms with Gasteiger partial charge in [0.1, 0.15) is 12.5 Å². The van der Waals surface area contributed by atoms with E-state index in [0.29, 0.717) is 11.4 Å². The maximum atomic E-state index is 11.9. The zero-order valence-corrected chi connectivity index (χ0v) is 10.5. The smallest absolute Gasteiger partial charge is 0.256 e. The number of amides is 1. The minimum Gasteiger partial charge on any atom is -0.377 e. The van der Waals surface area contributed by atoms with Crippen molar-refractivity contribution in [3.05, 3.63) is 47.8 Å². The summed E-state index contributed by atoms with van der Waals surface area (Å²) in [4.78, 5) is 16.0. The Morgan fingerprint density at radius 2 is 2.28 bits per heavy atom. The topological polar surface area (TPSA) is 74.2 Å². The molecule has 0 aliphatic heterocycles. The SMILES string of the molecule is C/C=C(\C=C/NCO)C(=O)Nc1ccc(C)cn1. The van der Waals surface area contributed by atoms with E-state index in [-0.39, 0.29) is 12.6 Å². The first-order valence-corrected chi connectivity index (χ1v) is 5.58. The van der Waals surface area contributed by atoms with Gasteiger partial charge in [-0.3, -0.25) is 4.79 Å². The van der Waals surface area contributed by atoms with Crippen LogP contribution in [0.25, 0.3) is 0 Å². The van der Waals surface area contributed by atoms with E-state index in [1.54, 1.807) is 31.3 Å². The van der Waals surface area contributed by atoms with Crippen molar-refractivity contribution in [1.29, 1.82) is 0 Å². The van der Waals surface area contributed by atoms with Gasteiger partial charge in [-0.2, -0.15) is 0 Å². The van der Waals surface area contributed by atoms with Crippen LogP contribution in [0, 0.1) is 6.92 Å². The Labute approximate surface area is 106 Å². The average molecular weight is 247 g/mol. The molecular weight excluding hydrogens is 230 g/mol. The predicted octanol–water partition coefficient (Wildman–Crippen LogP) is 1.33. The number of nitrogens with one attached hydrogen (secondary N) is 2. The van der Waals surface area contributed by atoms with Crippen LogP contribution in [-0.4, -0.2) is 22.7 Å². The Kier molecular flexibility index (Phi) is 5.60. The summed E-state index contributed by atoms with van der Waals surface area (Å²) in [5.74, 6) is 0.262. The molecule has 1 heterocycles. The minimum atomic E-state index is -0.246. The normalized spacial score (nSPS) is 11.6. The van der Waals surface area contributed by atoms with Crippen molar-refractivity contribution >= 4 is 11.7 Å². The van der Waals surface area contributed by atoms with Gasteiger partial charge >= 0.3 is 0 Å². The number of allylic oxidation sites excluding steroid dienone is 1. The highest BCUT2D eigenvalue weighted by atomic mass is 16.3. The summed E-state index contributed by atoms with van der Waals surface area (Å²) >= 11 is 0. The van der Waals surface area contributed by atoms with E-state index < -0.39 is 0 Å². The molecule has 0 spiro atoms. The van der Waals surface area contributed by atoms with Gasteiger partial charge in [0.05, 0.1) is 0 Å². The fourth-order valence-electron chi connectivity index (χ4n) is 1.23. The molecule has 5 nitrogen and oxygen atoms in total. The molecule has 0 aromatic carbocycles. The second-order valence-electron chi connectivity index (χ2n) is 3.61. The molecule has 0 fully saturated rings. The number of aliphatic hydroxyl groups is 1. The van der Waals surface area contributed by atoms with Crippen LogP contribution < -0.4 is 10.6 Å². The molecule has 96 valence electrons. The van der Waals surface area contributed by atoms with Crippen LogP contribution in [0.15, 0.2) is 42.3 Å². The van der Waals surface area contributed by atoms with Gasteiger partial charge in [0.2, 0.25) is 0 Å². The summed E-state index contributed by atoms with van der Waals surface area (Å²) in [5.41, 5.74) is 1.52. The van der Waals surface area contributed by atoms with E-state index >= 15 is 0 Å². The summed E-state index contributed by atoms with van der Waals surface area (Å²) in [6.07, 6.45) is 6.46. The van der Waals surface area contributed by atoms with Gasteiger partial charge in [-0.25, -0.2) is 4.98 Å². The molecule has 0 saturated carbocycles. The molecule has 1 amide bonds. The number of rotatable bonds is 5. The van der Waals surface area contributed by atoms with E-state index in [0.717, 1.165) is 5.56 Å². The van der Waals surface area contributed by atoms with Crippen LogP contribution in [0.4, 0.5) is 5.82 Å². The highest BCUT2D eigenvalue weighted by Crippen LogP contribution is 2.06. The van der Waals surface area contributed by atoms with Crippen molar-refractivity contribution in [3.8, 4) is 0 Å². The Morgan fingerprint density at radius 3 is 2.83 bits per heavy atom. The number of nitrogens with zero attached hydrogens (tertiary/aromatic N) is 1. The van der Waals surface area contributed by atoms with Gasteiger partial charge in [0.15, 0.2) is 0 Å². The van der Waals surface area contributed by atoms with Crippen molar-refractivity contribution in [2.45, 2.75) is 13.8 Å². The van der Waals surface area contributed by atoms with Crippen molar-refractivity contribution in [2.75, 3.05) is 12.0 Å². The third kappa shape index (κ3) is 4.39. The van der Waals surface area contributed by atoms with Gasteiger partial charge in [-0.1, -0.05) is 12.1 Å². The third-order valence-electron chi connectivity index (χ3n) is 2.20. The summed E-state index contributed by atoms with van der Waals surface area (Å²) in [6, 6.07) is 3.62. The average Bonchev–Trinajstić information content (AvgIpc) is 2.37. The van der Waals surface area contributed by atoms with E-state index in [2.05, 4.69) is 15.6 Å². The number of carbonyl (C=O) groups excluding carboxylic acids is 1. The van der Waals surface area contributed by atoms with Crippen LogP contribution in [0.5, 0.6) is 0 Å². The van der Waals surface area contributed by atoms with Gasteiger partial charge in [0, 0.05) is 11.8 Å². The first-order valence-electron chi connectivity index (χ1n) is 5.58. The first kappa shape index (κ1) is 13.9. The highest BCUT2D eigenvalue weighted by Gasteiger charge is 2.06. The molecule has 1 rings (SSSR count). The zero-order valence-electron chi connectivity index (χ0n) is 10.5. The highest BCUT2D eigenvalue weighted by molar-refractivity contribution is 6.05. The van der Waals surface area contributed by atoms with Crippen molar-refractivity contribution in [1.82, 2.24) is 10.3 Å². The van der Waals surface area contributed by atoms with Crippen LogP contribution >= 0.6 is 0 Å². The fourth-order valence-corrected chi connectivity index (χ4v) is 1.23. The fraction of sp³-hybridized carbons (Fsp3) is 0.231. The summed E-state index contributed by atoms with van der Waals surface area (Å²) < 4.78 is 0. The Balaban J connectivity index is 2.66. The largest absolute Gasteiger partial charge is 0.377 e. The van der Waals surface area contributed by atoms with Crippen molar-refractivity contribution in [3.63, 3.8) is 0 Å². The number of hydrogen-bond acceptors (Lipinski definition) is 4. The Hall–Kier alpha value is -2.14. The quantitative estimate of drug-likeness (QED) is 0.417. The number of carbonyl (C=O) groups is 1. The van der Waals surface area contributed by atoms with Gasteiger partial charge in [0.25, 0.3) is 5.91 Å². The molecule has 0 saturated heterocycles. The lowest BCUT2D eigenvalue weighted by Crippen LogP contribution is -2.15. The monoisotopic (exact) mass is 247 g/mol. The molecule has 18 heavy (non-hydrogen) atoms. The molecule has 1 aromatic rings. The lowest BCUT2D eigenvalue weighted by atomic mass is 10.2. The second kappa shape index (κ2) is 7.24. The molecule has 3 N–H and O–H groups in total. The number of aromatic nitrogens is 1. The standard InChI is InChI=1S/C13H17N3O2/c1-3-11(6-7-14-9-17)13(18)16-12-5-4-10(2)8-15-12/h3-8,14,17H,9H2,1-2H3,(H,15,16,18)/b7-6-,11-3+. The molecule has 0 unspecified atom stereocenters. The van der Waals surface area contributed by atoms with Gasteiger partial charge < -0.3 is 15.7 Å². The van der Waals surface area contributed by atoms with E-state index in [1.165, 1.54) is 6.20 Å². The van der Waals surface area contributed by atoms with E-state index in [4.69, 9.17) is 5.11 Å². The Morgan fingerprint density at radius 1 is 1.50 bits per heavy atom. The molecule has 5 heteroatoms.